The van der Waals surface area contributed by atoms with Crippen molar-refractivity contribution in [3.05, 3.63) is 11.1 Å². The molecule has 0 radical (unpaired) electrons. The fourth-order valence-corrected chi connectivity index (χ4v) is 1.78. The Bertz CT molecular complexity index is 405. The van der Waals surface area contributed by atoms with Gasteiger partial charge in [-0.2, -0.15) is 0 Å². The van der Waals surface area contributed by atoms with E-state index in [4.69, 9.17) is 5.73 Å². The highest BCUT2D eigenvalue weighted by Gasteiger charge is 2.12. The highest BCUT2D eigenvalue weighted by molar-refractivity contribution is 7.13. The molecule has 0 fully saturated rings. The van der Waals surface area contributed by atoms with E-state index in [2.05, 4.69) is 10.3 Å². The number of aromatic nitrogens is 1. The van der Waals surface area contributed by atoms with Crippen molar-refractivity contribution in [2.75, 3.05) is 26.4 Å². The molecular formula is C10H16N4O2S. The number of carbonyl (C=O) groups is 2. The lowest BCUT2D eigenvalue weighted by atomic mass is 10.3. The Morgan fingerprint density at radius 3 is 2.82 bits per heavy atom. The Morgan fingerprint density at radius 2 is 2.29 bits per heavy atom. The Kier molecular flexibility index (Phi) is 4.89. The van der Waals surface area contributed by atoms with Gasteiger partial charge < -0.3 is 16.0 Å². The van der Waals surface area contributed by atoms with Gasteiger partial charge in [0.15, 0.2) is 5.13 Å². The molecule has 1 rings (SSSR count). The Balaban J connectivity index is 2.39. The van der Waals surface area contributed by atoms with E-state index in [9.17, 15) is 9.59 Å². The van der Waals surface area contributed by atoms with Crippen LogP contribution in [0.2, 0.25) is 0 Å². The van der Waals surface area contributed by atoms with E-state index in [0.717, 1.165) is 0 Å². The summed E-state index contributed by atoms with van der Waals surface area (Å²) in [4.78, 5) is 28.3. The van der Waals surface area contributed by atoms with Crippen LogP contribution in [-0.4, -0.2) is 42.3 Å². The van der Waals surface area contributed by atoms with Gasteiger partial charge in [-0.1, -0.05) is 0 Å². The number of carbonyl (C=O) groups excluding carboxylic acids is 2. The summed E-state index contributed by atoms with van der Waals surface area (Å²) < 4.78 is 0. The maximum atomic E-state index is 11.7. The lowest BCUT2D eigenvalue weighted by Gasteiger charge is -2.15. The minimum atomic E-state index is -0.0810. The van der Waals surface area contributed by atoms with Gasteiger partial charge in [0, 0.05) is 32.4 Å². The summed E-state index contributed by atoms with van der Waals surface area (Å²) in [5.41, 5.74) is 6.15. The number of amides is 2. The van der Waals surface area contributed by atoms with Crippen LogP contribution < -0.4 is 11.1 Å². The topological polar surface area (TPSA) is 88.3 Å². The van der Waals surface area contributed by atoms with Crippen LogP contribution in [0.1, 0.15) is 12.1 Å². The zero-order chi connectivity index (χ0) is 12.8. The summed E-state index contributed by atoms with van der Waals surface area (Å²) in [6.07, 6.45) is 0.524. The van der Waals surface area contributed by atoms with Gasteiger partial charge in [-0.05, 0) is 0 Å². The van der Waals surface area contributed by atoms with Crippen LogP contribution in [0.5, 0.6) is 0 Å². The first-order valence-electron chi connectivity index (χ1n) is 5.17. The molecule has 1 aromatic rings. The molecule has 7 heteroatoms. The summed E-state index contributed by atoms with van der Waals surface area (Å²) in [5, 5.41) is 4.73. The van der Waals surface area contributed by atoms with Crippen molar-refractivity contribution in [2.45, 2.75) is 12.8 Å². The lowest BCUT2D eigenvalue weighted by Crippen LogP contribution is -2.32. The van der Waals surface area contributed by atoms with E-state index >= 15 is 0 Å². The summed E-state index contributed by atoms with van der Waals surface area (Å²) in [7, 11) is 3.24. The second-order valence-electron chi connectivity index (χ2n) is 3.59. The Morgan fingerprint density at radius 1 is 1.59 bits per heavy atom. The fraction of sp³-hybridized carbons (Fsp3) is 0.500. The van der Waals surface area contributed by atoms with Crippen molar-refractivity contribution in [3.8, 4) is 0 Å². The molecule has 0 aliphatic rings. The average Bonchev–Trinajstić information content (AvgIpc) is 2.70. The van der Waals surface area contributed by atoms with Crippen LogP contribution in [0, 0.1) is 0 Å². The quantitative estimate of drug-likeness (QED) is 0.767. The smallest absolute Gasteiger partial charge is 0.228 e. The van der Waals surface area contributed by atoms with E-state index in [1.54, 1.807) is 19.5 Å². The molecule has 0 spiro atoms. The molecule has 1 aromatic heterocycles. The van der Waals surface area contributed by atoms with Gasteiger partial charge in [-0.25, -0.2) is 4.98 Å². The minimum absolute atomic E-state index is 0.0702. The molecule has 0 atom stereocenters. The molecule has 0 bridgehead atoms. The molecule has 6 nitrogen and oxygen atoms in total. The van der Waals surface area contributed by atoms with Crippen molar-refractivity contribution >= 4 is 28.3 Å². The van der Waals surface area contributed by atoms with E-state index in [0.29, 0.717) is 23.8 Å². The molecule has 94 valence electrons. The van der Waals surface area contributed by atoms with Gasteiger partial charge in [-0.3, -0.25) is 9.59 Å². The van der Waals surface area contributed by atoms with Crippen molar-refractivity contribution in [1.29, 1.82) is 0 Å². The van der Waals surface area contributed by atoms with Crippen LogP contribution in [-0.2, 0) is 16.0 Å². The van der Waals surface area contributed by atoms with Crippen LogP contribution in [0.25, 0.3) is 0 Å². The van der Waals surface area contributed by atoms with Crippen molar-refractivity contribution < 1.29 is 9.59 Å². The molecule has 0 saturated carbocycles. The van der Waals surface area contributed by atoms with E-state index in [1.165, 1.54) is 16.2 Å². The Labute approximate surface area is 104 Å². The second kappa shape index (κ2) is 6.19. The molecule has 0 saturated heterocycles. The van der Waals surface area contributed by atoms with Gasteiger partial charge >= 0.3 is 0 Å². The first kappa shape index (κ1) is 13.4. The highest BCUT2D eigenvalue weighted by Crippen LogP contribution is 2.12. The van der Waals surface area contributed by atoms with Gasteiger partial charge in [0.1, 0.15) is 0 Å². The summed E-state index contributed by atoms with van der Waals surface area (Å²) in [6, 6.07) is 0. The van der Waals surface area contributed by atoms with Crippen LogP contribution in [0.4, 0.5) is 5.13 Å². The third-order valence-corrected chi connectivity index (χ3v) is 3.00. The monoisotopic (exact) mass is 256 g/mol. The number of nitrogens with two attached hydrogens (primary N) is 1. The predicted octanol–water partition coefficient (Wildman–Crippen LogP) is -0.138. The normalized spacial score (nSPS) is 10.0. The molecular weight excluding hydrogens is 240 g/mol. The van der Waals surface area contributed by atoms with Gasteiger partial charge in [0.05, 0.1) is 12.1 Å². The summed E-state index contributed by atoms with van der Waals surface area (Å²) in [6.45, 7) is 0.401. The number of likely N-dealkylation sites (N-methyl/N-ethyl adjacent to an activating group) is 1. The molecule has 0 unspecified atom stereocenters. The molecule has 3 N–H and O–H groups in total. The van der Waals surface area contributed by atoms with E-state index in [-0.39, 0.29) is 18.2 Å². The molecule has 0 aliphatic carbocycles. The number of anilines is 1. The SMILES string of the molecule is CNC(=O)CCN(C)C(=O)Cc1csc(N)n1. The second-order valence-corrected chi connectivity index (χ2v) is 4.48. The maximum Gasteiger partial charge on any atom is 0.228 e. The first-order valence-corrected chi connectivity index (χ1v) is 6.05. The van der Waals surface area contributed by atoms with Crippen molar-refractivity contribution in [3.63, 3.8) is 0 Å². The number of nitrogens with one attached hydrogen (secondary N) is 1. The standard InChI is InChI=1S/C10H16N4O2S/c1-12-8(15)3-4-14(2)9(16)5-7-6-17-10(11)13-7/h6H,3-5H2,1-2H3,(H2,11,13)(H,12,15). The number of rotatable bonds is 5. The molecule has 2 amide bonds. The zero-order valence-corrected chi connectivity index (χ0v) is 10.7. The van der Waals surface area contributed by atoms with E-state index in [1.807, 2.05) is 0 Å². The molecule has 17 heavy (non-hydrogen) atoms. The minimum Gasteiger partial charge on any atom is -0.375 e. The van der Waals surface area contributed by atoms with Crippen molar-refractivity contribution in [2.24, 2.45) is 0 Å². The largest absolute Gasteiger partial charge is 0.375 e. The lowest BCUT2D eigenvalue weighted by molar-refractivity contribution is -0.129. The van der Waals surface area contributed by atoms with Crippen LogP contribution in [0.15, 0.2) is 5.38 Å². The molecule has 0 aliphatic heterocycles. The van der Waals surface area contributed by atoms with Crippen molar-refractivity contribution in [1.82, 2.24) is 15.2 Å². The first-order chi connectivity index (χ1) is 8.02. The highest BCUT2D eigenvalue weighted by atomic mass is 32.1. The van der Waals surface area contributed by atoms with Gasteiger partial charge in [-0.15, -0.1) is 11.3 Å². The number of hydrogen-bond donors (Lipinski definition) is 2. The number of nitrogen functional groups attached to an aromatic ring is 1. The zero-order valence-electron chi connectivity index (χ0n) is 9.90. The predicted molar refractivity (Wildman–Crippen MR) is 66.6 cm³/mol. The van der Waals surface area contributed by atoms with E-state index < -0.39 is 0 Å². The average molecular weight is 256 g/mol. The maximum absolute atomic E-state index is 11.7. The third kappa shape index (κ3) is 4.39. The fourth-order valence-electron chi connectivity index (χ4n) is 1.21. The third-order valence-electron chi connectivity index (χ3n) is 2.28. The number of hydrogen-bond acceptors (Lipinski definition) is 5. The van der Waals surface area contributed by atoms with Gasteiger partial charge in [0.25, 0.3) is 0 Å². The molecule has 1 heterocycles. The Hall–Kier alpha value is -1.63. The van der Waals surface area contributed by atoms with Crippen LogP contribution in [0.3, 0.4) is 0 Å². The number of thiazole rings is 1. The summed E-state index contributed by atoms with van der Waals surface area (Å²) in [5.74, 6) is -0.151. The molecule has 0 aromatic carbocycles. The van der Waals surface area contributed by atoms with Gasteiger partial charge in [0.2, 0.25) is 11.8 Å². The van der Waals surface area contributed by atoms with Crippen LogP contribution >= 0.6 is 11.3 Å². The summed E-state index contributed by atoms with van der Waals surface area (Å²) >= 11 is 1.31. The number of nitrogens with zero attached hydrogens (tertiary/aromatic N) is 2.